The Labute approximate surface area is 177 Å². The van der Waals surface area contributed by atoms with Crippen LogP contribution in [0, 0.1) is 0 Å². The second-order valence-corrected chi connectivity index (χ2v) is 9.67. The molecule has 0 bridgehead atoms. The normalized spacial score (nSPS) is 16.9. The van der Waals surface area contributed by atoms with Crippen LogP contribution < -0.4 is 13.9 Å². The number of ether oxygens (including phenoxy) is 1. The summed E-state index contributed by atoms with van der Waals surface area (Å²) in [6.45, 7) is 3.45. The lowest BCUT2D eigenvalue weighted by Crippen LogP contribution is -2.35. The van der Waals surface area contributed by atoms with Crippen LogP contribution in [-0.4, -0.2) is 65.3 Å². The van der Waals surface area contributed by atoms with Gasteiger partial charge in [-0.15, -0.1) is 0 Å². The fourth-order valence-electron chi connectivity index (χ4n) is 4.20. The van der Waals surface area contributed by atoms with Crippen LogP contribution in [0.5, 0.6) is 5.75 Å². The molecule has 8 heteroatoms. The van der Waals surface area contributed by atoms with Gasteiger partial charge in [0.15, 0.2) is 0 Å². The quantitative estimate of drug-likeness (QED) is 0.746. The standard InChI is InChI=1S/C22H27N3O4S/c1-29-20-7-5-19(6-8-20)23-11-3-12-24(15-14-23)22(26)18-4-9-21-17(16-18)10-13-25(21)30(2,27)28/h4-9,16H,3,10-15H2,1-2H3. The third-order valence-corrected chi connectivity index (χ3v) is 6.98. The number of hydrogen-bond donors (Lipinski definition) is 0. The van der Waals surface area contributed by atoms with Gasteiger partial charge in [0.25, 0.3) is 5.91 Å². The van der Waals surface area contributed by atoms with Crippen molar-refractivity contribution in [2.24, 2.45) is 0 Å². The van der Waals surface area contributed by atoms with Crippen molar-refractivity contribution < 1.29 is 17.9 Å². The molecule has 1 saturated heterocycles. The van der Waals surface area contributed by atoms with E-state index >= 15 is 0 Å². The predicted molar refractivity (Wildman–Crippen MR) is 118 cm³/mol. The smallest absolute Gasteiger partial charge is 0.253 e. The van der Waals surface area contributed by atoms with Crippen LogP contribution in [0.4, 0.5) is 11.4 Å². The van der Waals surface area contributed by atoms with E-state index in [4.69, 9.17) is 4.74 Å². The number of carbonyl (C=O) groups is 1. The first-order valence-electron chi connectivity index (χ1n) is 10.2. The summed E-state index contributed by atoms with van der Waals surface area (Å²) in [5.74, 6) is 0.837. The van der Waals surface area contributed by atoms with Crippen LogP contribution in [0.3, 0.4) is 0 Å². The Kier molecular flexibility index (Phi) is 5.60. The third kappa shape index (κ3) is 4.09. The van der Waals surface area contributed by atoms with Crippen molar-refractivity contribution in [1.29, 1.82) is 0 Å². The molecule has 30 heavy (non-hydrogen) atoms. The van der Waals surface area contributed by atoms with E-state index in [9.17, 15) is 13.2 Å². The first-order valence-corrected chi connectivity index (χ1v) is 12.0. The molecule has 2 aliphatic rings. The molecular weight excluding hydrogens is 402 g/mol. The number of benzene rings is 2. The van der Waals surface area contributed by atoms with Crippen LogP contribution in [0.2, 0.25) is 0 Å². The maximum atomic E-state index is 13.1. The van der Waals surface area contributed by atoms with E-state index in [1.165, 1.54) is 10.6 Å². The van der Waals surface area contributed by atoms with Gasteiger partial charge in [-0.3, -0.25) is 9.10 Å². The van der Waals surface area contributed by atoms with Gasteiger partial charge in [-0.25, -0.2) is 8.42 Å². The molecule has 2 aromatic rings. The number of hydrogen-bond acceptors (Lipinski definition) is 5. The number of amides is 1. The fraction of sp³-hybridized carbons (Fsp3) is 0.409. The molecule has 0 saturated carbocycles. The average Bonchev–Trinajstić information content (AvgIpc) is 3.03. The lowest BCUT2D eigenvalue weighted by molar-refractivity contribution is 0.0767. The van der Waals surface area contributed by atoms with Gasteiger partial charge in [0, 0.05) is 44.0 Å². The fourth-order valence-corrected chi connectivity index (χ4v) is 5.16. The Bertz CT molecular complexity index is 1040. The monoisotopic (exact) mass is 429 g/mol. The number of methoxy groups -OCH3 is 1. The largest absolute Gasteiger partial charge is 0.497 e. The molecule has 2 aliphatic heterocycles. The van der Waals surface area contributed by atoms with Crippen molar-refractivity contribution >= 4 is 27.3 Å². The molecule has 2 heterocycles. The van der Waals surface area contributed by atoms with Crippen molar-refractivity contribution in [2.45, 2.75) is 12.8 Å². The van der Waals surface area contributed by atoms with Gasteiger partial charge < -0.3 is 14.5 Å². The zero-order valence-electron chi connectivity index (χ0n) is 17.4. The molecule has 0 aliphatic carbocycles. The second kappa shape index (κ2) is 8.18. The molecule has 1 amide bonds. The highest BCUT2D eigenvalue weighted by molar-refractivity contribution is 7.92. The maximum Gasteiger partial charge on any atom is 0.253 e. The van der Waals surface area contributed by atoms with Crippen molar-refractivity contribution in [1.82, 2.24) is 4.90 Å². The van der Waals surface area contributed by atoms with Gasteiger partial charge in [0.2, 0.25) is 10.0 Å². The summed E-state index contributed by atoms with van der Waals surface area (Å²) in [6.07, 6.45) is 2.74. The van der Waals surface area contributed by atoms with E-state index in [0.29, 0.717) is 37.3 Å². The van der Waals surface area contributed by atoms with E-state index in [0.717, 1.165) is 36.5 Å². The van der Waals surface area contributed by atoms with Crippen molar-refractivity contribution in [3.8, 4) is 5.75 Å². The molecule has 0 unspecified atom stereocenters. The zero-order chi connectivity index (χ0) is 21.3. The summed E-state index contributed by atoms with van der Waals surface area (Å²) in [5, 5.41) is 0. The highest BCUT2D eigenvalue weighted by Crippen LogP contribution is 2.31. The molecule has 0 aromatic heterocycles. The average molecular weight is 430 g/mol. The van der Waals surface area contributed by atoms with Crippen molar-refractivity contribution in [3.63, 3.8) is 0 Å². The van der Waals surface area contributed by atoms with Gasteiger partial charge in [-0.1, -0.05) is 0 Å². The first-order chi connectivity index (χ1) is 14.4. The lowest BCUT2D eigenvalue weighted by Gasteiger charge is -2.24. The van der Waals surface area contributed by atoms with E-state index in [1.807, 2.05) is 35.2 Å². The number of nitrogens with zero attached hydrogens (tertiary/aromatic N) is 3. The van der Waals surface area contributed by atoms with Crippen molar-refractivity contribution in [2.75, 3.05) is 55.3 Å². The zero-order valence-corrected chi connectivity index (χ0v) is 18.2. The molecule has 1 fully saturated rings. The first kappa shape index (κ1) is 20.5. The molecular formula is C22H27N3O4S. The van der Waals surface area contributed by atoms with E-state index in [2.05, 4.69) is 4.90 Å². The second-order valence-electron chi connectivity index (χ2n) is 7.76. The number of sulfonamides is 1. The maximum absolute atomic E-state index is 13.1. The van der Waals surface area contributed by atoms with Crippen LogP contribution in [0.25, 0.3) is 0 Å². The number of rotatable bonds is 4. The minimum atomic E-state index is -3.29. The molecule has 7 nitrogen and oxygen atoms in total. The topological polar surface area (TPSA) is 70.2 Å². The molecule has 4 rings (SSSR count). The summed E-state index contributed by atoms with van der Waals surface area (Å²) in [7, 11) is -1.63. The Hall–Kier alpha value is -2.74. The molecule has 2 aromatic carbocycles. The summed E-state index contributed by atoms with van der Waals surface area (Å²) in [5.41, 5.74) is 3.36. The predicted octanol–water partition coefficient (Wildman–Crippen LogP) is 2.37. The van der Waals surface area contributed by atoms with Gasteiger partial charge in [0.05, 0.1) is 19.1 Å². The van der Waals surface area contributed by atoms with E-state index < -0.39 is 10.0 Å². The minimum absolute atomic E-state index is 0.00665. The van der Waals surface area contributed by atoms with Crippen LogP contribution in [-0.2, 0) is 16.4 Å². The number of anilines is 2. The highest BCUT2D eigenvalue weighted by atomic mass is 32.2. The molecule has 160 valence electrons. The van der Waals surface area contributed by atoms with Crippen LogP contribution in [0.15, 0.2) is 42.5 Å². The van der Waals surface area contributed by atoms with E-state index in [-0.39, 0.29) is 5.91 Å². The van der Waals surface area contributed by atoms with Gasteiger partial charge in [0.1, 0.15) is 5.75 Å². The SMILES string of the molecule is COc1ccc(N2CCCN(C(=O)c3ccc4c(c3)CCN4S(C)(=O)=O)CC2)cc1. The molecule has 0 N–H and O–H groups in total. The van der Waals surface area contributed by atoms with Crippen LogP contribution >= 0.6 is 0 Å². The lowest BCUT2D eigenvalue weighted by atomic mass is 10.1. The Morgan fingerprint density at radius 3 is 2.43 bits per heavy atom. The van der Waals surface area contributed by atoms with E-state index in [1.54, 1.807) is 19.2 Å². The highest BCUT2D eigenvalue weighted by Gasteiger charge is 2.28. The Morgan fingerprint density at radius 2 is 1.73 bits per heavy atom. The summed E-state index contributed by atoms with van der Waals surface area (Å²) >= 11 is 0. The number of carbonyl (C=O) groups excluding carboxylic acids is 1. The molecule has 0 atom stereocenters. The van der Waals surface area contributed by atoms with Gasteiger partial charge >= 0.3 is 0 Å². The Morgan fingerprint density at radius 1 is 0.967 bits per heavy atom. The molecule has 0 spiro atoms. The van der Waals surface area contributed by atoms with Gasteiger partial charge in [-0.2, -0.15) is 0 Å². The summed E-state index contributed by atoms with van der Waals surface area (Å²) in [6, 6.07) is 13.4. The van der Waals surface area contributed by atoms with Gasteiger partial charge in [-0.05, 0) is 60.9 Å². The Balaban J connectivity index is 1.45. The minimum Gasteiger partial charge on any atom is -0.497 e. The van der Waals surface area contributed by atoms with Crippen LogP contribution in [0.1, 0.15) is 22.3 Å². The summed E-state index contributed by atoms with van der Waals surface area (Å²) < 4.78 is 30.5. The number of fused-ring (bicyclic) bond motifs is 1. The van der Waals surface area contributed by atoms with Crippen molar-refractivity contribution in [3.05, 3.63) is 53.6 Å². The summed E-state index contributed by atoms with van der Waals surface area (Å²) in [4.78, 5) is 17.3. The third-order valence-electron chi connectivity index (χ3n) is 5.80. The molecule has 0 radical (unpaired) electrons.